The van der Waals surface area contributed by atoms with Crippen LogP contribution in [0.4, 0.5) is 8.78 Å². The van der Waals surface area contributed by atoms with E-state index in [1.54, 1.807) is 18.2 Å². The highest BCUT2D eigenvalue weighted by molar-refractivity contribution is 7.88. The topological polar surface area (TPSA) is 89.3 Å². The van der Waals surface area contributed by atoms with Gasteiger partial charge in [0.2, 0.25) is 10.0 Å². The van der Waals surface area contributed by atoms with Crippen molar-refractivity contribution in [2.45, 2.75) is 13.0 Å². The zero-order valence-electron chi connectivity index (χ0n) is 19.4. The lowest BCUT2D eigenvalue weighted by Gasteiger charge is -2.33. The predicted octanol–water partition coefficient (Wildman–Crippen LogP) is 3.41. The first-order valence-corrected chi connectivity index (χ1v) is 12.9. The number of rotatable bonds is 8. The Bertz CT molecular complexity index is 1350. The third-order valence-electron chi connectivity index (χ3n) is 5.68. The number of piperazine rings is 1. The maximum Gasteiger partial charge on any atom is 0.394 e. The molecule has 11 heteroatoms. The van der Waals surface area contributed by atoms with Crippen molar-refractivity contribution in [2.24, 2.45) is 0 Å². The van der Waals surface area contributed by atoms with Crippen LogP contribution in [0.15, 0.2) is 57.9 Å². The van der Waals surface area contributed by atoms with Crippen LogP contribution in [0, 0.1) is 0 Å². The molecule has 0 unspecified atom stereocenters. The van der Waals surface area contributed by atoms with Gasteiger partial charge in [0.05, 0.1) is 17.2 Å². The van der Waals surface area contributed by atoms with E-state index in [0.717, 1.165) is 0 Å². The van der Waals surface area contributed by atoms with Crippen LogP contribution in [0.3, 0.4) is 0 Å². The molecule has 0 amide bonds. The molecule has 35 heavy (non-hydrogen) atoms. The van der Waals surface area contributed by atoms with E-state index in [4.69, 9.17) is 9.15 Å². The standard InChI is InChI=1S/C24H26F2N2O6S/c1-24(25,26)34-18-5-3-17(4-6-18)21-16-33-22-15-19(7-8-20(22)23(21)29)32-14-13-27-9-11-28(12-10-27)35(2,30)31/h3-8,15-16H,9-14H2,1-2H3. The molecular formula is C24H26F2N2O6S. The van der Waals surface area contributed by atoms with Crippen LogP contribution in [0.25, 0.3) is 22.1 Å². The summed E-state index contributed by atoms with van der Waals surface area (Å²) in [5.74, 6) is 0.538. The fraction of sp³-hybridized carbons (Fsp3) is 0.375. The molecule has 4 rings (SSSR count). The lowest BCUT2D eigenvalue weighted by Crippen LogP contribution is -2.49. The highest BCUT2D eigenvalue weighted by Gasteiger charge is 2.24. The SMILES string of the molecule is CC(F)(F)Oc1ccc(-c2coc3cc(OCCN4CCN(S(C)(=O)=O)CC4)ccc3c2=O)cc1. The monoisotopic (exact) mass is 508 g/mol. The molecule has 3 aromatic rings. The fourth-order valence-corrected chi connectivity index (χ4v) is 4.71. The second-order valence-corrected chi connectivity index (χ2v) is 10.4. The van der Waals surface area contributed by atoms with Crippen LogP contribution in [-0.2, 0) is 10.0 Å². The summed E-state index contributed by atoms with van der Waals surface area (Å²) in [5, 5.41) is 0.368. The maximum atomic E-state index is 13.0. The molecule has 188 valence electrons. The molecule has 0 atom stereocenters. The summed E-state index contributed by atoms with van der Waals surface area (Å²) < 4.78 is 66.7. The molecule has 0 saturated carbocycles. The lowest BCUT2D eigenvalue weighted by atomic mass is 10.1. The number of fused-ring (bicyclic) bond motifs is 1. The molecule has 0 spiro atoms. The molecule has 2 aromatic carbocycles. The molecule has 1 fully saturated rings. The van der Waals surface area contributed by atoms with Crippen LogP contribution < -0.4 is 14.9 Å². The molecule has 8 nitrogen and oxygen atoms in total. The molecule has 1 aliphatic heterocycles. The van der Waals surface area contributed by atoms with Crippen molar-refractivity contribution in [3.8, 4) is 22.6 Å². The Morgan fingerprint density at radius 3 is 2.31 bits per heavy atom. The molecule has 0 bridgehead atoms. The Labute approximate surface area is 201 Å². The lowest BCUT2D eigenvalue weighted by molar-refractivity contribution is -0.158. The van der Waals surface area contributed by atoms with Crippen LogP contribution in [0.5, 0.6) is 11.5 Å². The van der Waals surface area contributed by atoms with Gasteiger partial charge in [-0.2, -0.15) is 13.1 Å². The predicted molar refractivity (Wildman–Crippen MR) is 128 cm³/mol. The van der Waals surface area contributed by atoms with Crippen molar-refractivity contribution in [1.82, 2.24) is 9.21 Å². The summed E-state index contributed by atoms with van der Waals surface area (Å²) >= 11 is 0. The van der Waals surface area contributed by atoms with Gasteiger partial charge in [0.1, 0.15) is 30.0 Å². The smallest absolute Gasteiger partial charge is 0.394 e. The molecular weight excluding hydrogens is 482 g/mol. The second kappa shape index (κ2) is 9.92. The first-order valence-electron chi connectivity index (χ1n) is 11.0. The fourth-order valence-electron chi connectivity index (χ4n) is 3.88. The third kappa shape index (κ3) is 6.36. The molecule has 1 aromatic heterocycles. The normalized spacial score (nSPS) is 15.9. The van der Waals surface area contributed by atoms with E-state index in [2.05, 4.69) is 9.64 Å². The van der Waals surface area contributed by atoms with Gasteiger partial charge in [0.15, 0.2) is 5.43 Å². The van der Waals surface area contributed by atoms with Crippen LogP contribution >= 0.6 is 0 Å². The van der Waals surface area contributed by atoms with E-state index in [0.29, 0.717) is 74.1 Å². The highest BCUT2D eigenvalue weighted by Crippen LogP contribution is 2.26. The molecule has 0 aliphatic carbocycles. The van der Waals surface area contributed by atoms with Crippen molar-refractivity contribution >= 4 is 21.0 Å². The minimum Gasteiger partial charge on any atom is -0.492 e. The van der Waals surface area contributed by atoms with Gasteiger partial charge in [-0.05, 0) is 29.8 Å². The van der Waals surface area contributed by atoms with Gasteiger partial charge in [0, 0.05) is 45.7 Å². The Balaban J connectivity index is 1.39. The summed E-state index contributed by atoms with van der Waals surface area (Å²) in [6, 6.07) is 10.7. The number of halogens is 2. The largest absolute Gasteiger partial charge is 0.492 e. The Morgan fingerprint density at radius 1 is 1.03 bits per heavy atom. The van der Waals surface area contributed by atoms with Crippen molar-refractivity contribution in [3.63, 3.8) is 0 Å². The Morgan fingerprint density at radius 2 is 1.69 bits per heavy atom. The average molecular weight is 509 g/mol. The summed E-state index contributed by atoms with van der Waals surface area (Å²) in [6.07, 6.45) is -0.745. The number of alkyl halides is 2. The van der Waals surface area contributed by atoms with E-state index in [-0.39, 0.29) is 11.2 Å². The van der Waals surface area contributed by atoms with E-state index >= 15 is 0 Å². The summed E-state index contributed by atoms with van der Waals surface area (Å²) in [4.78, 5) is 15.1. The van der Waals surface area contributed by atoms with Crippen LogP contribution in [0.1, 0.15) is 6.92 Å². The van der Waals surface area contributed by atoms with E-state index in [1.165, 1.54) is 41.1 Å². The number of sulfonamides is 1. The van der Waals surface area contributed by atoms with Gasteiger partial charge in [-0.15, -0.1) is 0 Å². The Hall–Kier alpha value is -3.02. The quantitative estimate of drug-likeness (QED) is 0.461. The van der Waals surface area contributed by atoms with Crippen molar-refractivity contribution in [2.75, 3.05) is 45.6 Å². The number of benzene rings is 2. The zero-order valence-corrected chi connectivity index (χ0v) is 20.2. The van der Waals surface area contributed by atoms with Gasteiger partial charge >= 0.3 is 6.11 Å². The highest BCUT2D eigenvalue weighted by atomic mass is 32.2. The number of nitrogens with zero attached hydrogens (tertiary/aromatic N) is 2. The molecule has 1 aliphatic rings. The molecule has 0 N–H and O–H groups in total. The van der Waals surface area contributed by atoms with Crippen molar-refractivity contribution < 1.29 is 31.1 Å². The van der Waals surface area contributed by atoms with E-state index in [1.807, 2.05) is 0 Å². The maximum absolute atomic E-state index is 13.0. The summed E-state index contributed by atoms with van der Waals surface area (Å²) in [7, 11) is -3.16. The first kappa shape index (κ1) is 25.1. The molecule has 0 radical (unpaired) electrons. The second-order valence-electron chi connectivity index (χ2n) is 8.42. The molecule has 1 saturated heterocycles. The number of ether oxygens (including phenoxy) is 2. The van der Waals surface area contributed by atoms with Crippen molar-refractivity contribution in [1.29, 1.82) is 0 Å². The summed E-state index contributed by atoms with van der Waals surface area (Å²) in [6.45, 7) is 3.89. The Kier molecular flexibility index (Phi) is 7.11. The molecule has 2 heterocycles. The average Bonchev–Trinajstić information content (AvgIpc) is 2.79. The van der Waals surface area contributed by atoms with Gasteiger partial charge < -0.3 is 13.9 Å². The zero-order chi connectivity index (χ0) is 25.2. The van der Waals surface area contributed by atoms with E-state index in [9.17, 15) is 22.0 Å². The van der Waals surface area contributed by atoms with Crippen LogP contribution in [-0.4, -0.2) is 69.3 Å². The number of hydrogen-bond donors (Lipinski definition) is 0. The first-order chi connectivity index (χ1) is 16.5. The minimum atomic E-state index is -3.30. The van der Waals surface area contributed by atoms with E-state index < -0.39 is 16.1 Å². The van der Waals surface area contributed by atoms with Gasteiger partial charge in [0.25, 0.3) is 0 Å². The number of hydrogen-bond acceptors (Lipinski definition) is 7. The van der Waals surface area contributed by atoms with Gasteiger partial charge in [-0.3, -0.25) is 9.69 Å². The third-order valence-corrected chi connectivity index (χ3v) is 6.99. The van der Waals surface area contributed by atoms with Gasteiger partial charge in [-0.25, -0.2) is 8.42 Å². The summed E-state index contributed by atoms with van der Waals surface area (Å²) in [5.41, 5.74) is 0.928. The minimum absolute atomic E-state index is 0.00880. The van der Waals surface area contributed by atoms with Crippen LogP contribution in [0.2, 0.25) is 0 Å². The van der Waals surface area contributed by atoms with Crippen molar-refractivity contribution in [3.05, 3.63) is 59.0 Å². The van der Waals surface area contributed by atoms with Gasteiger partial charge in [-0.1, -0.05) is 12.1 Å².